The number of carbonyl (C=O) groups excluding carboxylic acids is 2. The minimum absolute atomic E-state index is 0.0657. The Hall–Kier alpha value is -3.48. The molecule has 7 nitrogen and oxygen atoms in total. The van der Waals surface area contributed by atoms with E-state index in [0.29, 0.717) is 47.2 Å². The highest BCUT2D eigenvalue weighted by Crippen LogP contribution is 2.38. The van der Waals surface area contributed by atoms with E-state index in [9.17, 15) is 9.59 Å². The van der Waals surface area contributed by atoms with Crippen LogP contribution in [0.15, 0.2) is 42.5 Å². The zero-order valence-electron chi connectivity index (χ0n) is 18.0. The largest absolute Gasteiger partial charge is 0.493 e. The molecular formula is C23H28N2O5. The normalized spacial score (nSPS) is 10.6. The van der Waals surface area contributed by atoms with Gasteiger partial charge in [0.25, 0.3) is 5.91 Å². The Morgan fingerprint density at radius 2 is 1.60 bits per heavy atom. The number of rotatable bonds is 9. The van der Waals surface area contributed by atoms with E-state index in [4.69, 9.17) is 14.2 Å². The van der Waals surface area contributed by atoms with Gasteiger partial charge in [0.15, 0.2) is 11.5 Å². The van der Waals surface area contributed by atoms with Crippen molar-refractivity contribution < 1.29 is 23.8 Å². The van der Waals surface area contributed by atoms with Crippen LogP contribution in [0, 0.1) is 0 Å². The molecule has 0 aliphatic rings. The smallest absolute Gasteiger partial charge is 0.253 e. The first kappa shape index (κ1) is 22.8. The summed E-state index contributed by atoms with van der Waals surface area (Å²) in [5.74, 6) is 1.09. The monoisotopic (exact) mass is 412 g/mol. The first-order valence-corrected chi connectivity index (χ1v) is 9.65. The molecule has 1 N–H and O–H groups in total. The Bertz CT molecular complexity index is 895. The number of hydrogen-bond donors (Lipinski definition) is 1. The third-order valence-electron chi connectivity index (χ3n) is 4.54. The van der Waals surface area contributed by atoms with Crippen LogP contribution in [0.3, 0.4) is 0 Å². The Morgan fingerprint density at radius 3 is 2.13 bits per heavy atom. The predicted octanol–water partition coefficient (Wildman–Crippen LogP) is 3.85. The molecule has 2 rings (SSSR count). The van der Waals surface area contributed by atoms with Gasteiger partial charge in [-0.05, 0) is 55.8 Å². The summed E-state index contributed by atoms with van der Waals surface area (Å²) in [7, 11) is 4.59. The molecule has 7 heteroatoms. The molecule has 0 saturated carbocycles. The van der Waals surface area contributed by atoms with Gasteiger partial charge in [0.1, 0.15) is 0 Å². The van der Waals surface area contributed by atoms with Crippen molar-refractivity contribution in [2.45, 2.75) is 13.8 Å². The van der Waals surface area contributed by atoms with E-state index in [-0.39, 0.29) is 11.8 Å². The van der Waals surface area contributed by atoms with Gasteiger partial charge in [-0.2, -0.15) is 0 Å². The fraction of sp³-hybridized carbons (Fsp3) is 0.304. The standard InChI is InChI=1S/C23H28N2O5/c1-6-25(7-2)23(27)17-9-8-10-18(15-17)24-21(26)12-11-16-13-19(28-3)22(30-5)20(14-16)29-4/h8-15H,6-7H2,1-5H3,(H,24,26)/b12-11+. The second kappa shape index (κ2) is 10.9. The third kappa shape index (κ3) is 5.53. The van der Waals surface area contributed by atoms with Gasteiger partial charge in [-0.25, -0.2) is 0 Å². The molecule has 0 spiro atoms. The molecule has 0 aliphatic carbocycles. The number of methoxy groups -OCH3 is 3. The molecule has 0 saturated heterocycles. The molecule has 30 heavy (non-hydrogen) atoms. The first-order valence-electron chi connectivity index (χ1n) is 9.65. The topological polar surface area (TPSA) is 77.1 Å². The maximum atomic E-state index is 12.5. The average molecular weight is 412 g/mol. The van der Waals surface area contributed by atoms with Gasteiger partial charge in [-0.1, -0.05) is 6.07 Å². The van der Waals surface area contributed by atoms with Crippen molar-refractivity contribution in [3.8, 4) is 17.2 Å². The Balaban J connectivity index is 2.15. The van der Waals surface area contributed by atoms with Crippen molar-refractivity contribution >= 4 is 23.6 Å². The van der Waals surface area contributed by atoms with Crippen LogP contribution in [0.1, 0.15) is 29.8 Å². The molecule has 2 amide bonds. The number of benzene rings is 2. The highest BCUT2D eigenvalue weighted by atomic mass is 16.5. The van der Waals surface area contributed by atoms with E-state index >= 15 is 0 Å². The van der Waals surface area contributed by atoms with Gasteiger partial charge < -0.3 is 24.4 Å². The zero-order valence-corrected chi connectivity index (χ0v) is 18.0. The van der Waals surface area contributed by atoms with Gasteiger partial charge in [0.05, 0.1) is 21.3 Å². The number of nitrogens with zero attached hydrogens (tertiary/aromatic N) is 1. The van der Waals surface area contributed by atoms with Crippen molar-refractivity contribution in [1.82, 2.24) is 4.90 Å². The summed E-state index contributed by atoms with van der Waals surface area (Å²) in [5, 5.41) is 2.78. The predicted molar refractivity (Wildman–Crippen MR) is 117 cm³/mol. The van der Waals surface area contributed by atoms with E-state index < -0.39 is 0 Å². The molecule has 2 aromatic rings. The Kier molecular flexibility index (Phi) is 8.29. The minimum atomic E-state index is -0.323. The van der Waals surface area contributed by atoms with Crippen LogP contribution in [0.4, 0.5) is 5.69 Å². The summed E-state index contributed by atoms with van der Waals surface area (Å²) in [5.41, 5.74) is 1.79. The second-order valence-corrected chi connectivity index (χ2v) is 6.34. The van der Waals surface area contributed by atoms with E-state index in [0.717, 1.165) is 0 Å². The van der Waals surface area contributed by atoms with Crippen LogP contribution in [-0.2, 0) is 4.79 Å². The van der Waals surface area contributed by atoms with Crippen molar-refractivity contribution in [3.63, 3.8) is 0 Å². The molecule has 0 bridgehead atoms. The van der Waals surface area contributed by atoms with Gasteiger partial charge in [0, 0.05) is 30.4 Å². The third-order valence-corrected chi connectivity index (χ3v) is 4.54. The molecule has 160 valence electrons. The summed E-state index contributed by atoms with van der Waals surface area (Å²) in [6.07, 6.45) is 3.05. The van der Waals surface area contributed by atoms with Gasteiger partial charge in [-0.3, -0.25) is 9.59 Å². The Labute approximate surface area is 177 Å². The molecule has 2 aromatic carbocycles. The Morgan fingerprint density at radius 1 is 0.967 bits per heavy atom. The second-order valence-electron chi connectivity index (χ2n) is 6.34. The van der Waals surface area contributed by atoms with E-state index in [1.54, 1.807) is 47.4 Å². The lowest BCUT2D eigenvalue weighted by molar-refractivity contribution is -0.111. The lowest BCUT2D eigenvalue weighted by Gasteiger charge is -2.18. The number of amides is 2. The number of nitrogens with one attached hydrogen (secondary N) is 1. The highest BCUT2D eigenvalue weighted by Gasteiger charge is 2.14. The summed E-state index contributed by atoms with van der Waals surface area (Å²) in [6.45, 7) is 5.12. The lowest BCUT2D eigenvalue weighted by atomic mass is 10.1. The van der Waals surface area contributed by atoms with E-state index in [1.807, 2.05) is 13.8 Å². The molecule has 0 heterocycles. The summed E-state index contributed by atoms with van der Waals surface area (Å²) < 4.78 is 15.9. The lowest BCUT2D eigenvalue weighted by Crippen LogP contribution is -2.30. The van der Waals surface area contributed by atoms with E-state index in [1.165, 1.54) is 27.4 Å². The van der Waals surface area contributed by atoms with E-state index in [2.05, 4.69) is 5.32 Å². The number of carbonyl (C=O) groups is 2. The molecule has 0 aromatic heterocycles. The number of anilines is 1. The molecule has 0 radical (unpaired) electrons. The maximum Gasteiger partial charge on any atom is 0.253 e. The first-order chi connectivity index (χ1) is 14.5. The van der Waals surface area contributed by atoms with Crippen molar-refractivity contribution in [3.05, 3.63) is 53.6 Å². The zero-order chi connectivity index (χ0) is 22.1. The summed E-state index contributed by atoms with van der Waals surface area (Å²) in [4.78, 5) is 26.6. The van der Waals surface area contributed by atoms with Crippen LogP contribution >= 0.6 is 0 Å². The SMILES string of the molecule is CCN(CC)C(=O)c1cccc(NC(=O)/C=C/c2cc(OC)c(OC)c(OC)c2)c1. The summed E-state index contributed by atoms with van der Waals surface area (Å²) >= 11 is 0. The number of hydrogen-bond acceptors (Lipinski definition) is 5. The van der Waals surface area contributed by atoms with Crippen LogP contribution in [0.2, 0.25) is 0 Å². The van der Waals surface area contributed by atoms with Gasteiger partial charge >= 0.3 is 0 Å². The van der Waals surface area contributed by atoms with Gasteiger partial charge in [0.2, 0.25) is 11.7 Å². The maximum absolute atomic E-state index is 12.5. The molecule has 0 unspecified atom stereocenters. The molecular weight excluding hydrogens is 384 g/mol. The molecule has 0 aliphatic heterocycles. The highest BCUT2D eigenvalue weighted by molar-refractivity contribution is 6.03. The summed E-state index contributed by atoms with van der Waals surface area (Å²) in [6, 6.07) is 10.4. The number of ether oxygens (including phenoxy) is 3. The minimum Gasteiger partial charge on any atom is -0.493 e. The van der Waals surface area contributed by atoms with Crippen LogP contribution in [-0.4, -0.2) is 51.1 Å². The van der Waals surface area contributed by atoms with Crippen LogP contribution in [0.25, 0.3) is 6.08 Å². The average Bonchev–Trinajstić information content (AvgIpc) is 2.77. The van der Waals surface area contributed by atoms with Crippen molar-refractivity contribution in [1.29, 1.82) is 0 Å². The van der Waals surface area contributed by atoms with Gasteiger partial charge in [-0.15, -0.1) is 0 Å². The molecule has 0 atom stereocenters. The van der Waals surface area contributed by atoms with Crippen LogP contribution in [0.5, 0.6) is 17.2 Å². The van der Waals surface area contributed by atoms with Crippen molar-refractivity contribution in [2.24, 2.45) is 0 Å². The fourth-order valence-corrected chi connectivity index (χ4v) is 2.98. The van der Waals surface area contributed by atoms with Crippen molar-refractivity contribution in [2.75, 3.05) is 39.7 Å². The fourth-order valence-electron chi connectivity index (χ4n) is 2.98. The molecule has 0 fully saturated rings. The van der Waals surface area contributed by atoms with Crippen LogP contribution < -0.4 is 19.5 Å². The quantitative estimate of drug-likeness (QED) is 0.633.